The van der Waals surface area contributed by atoms with Crippen LogP contribution >= 0.6 is 31.9 Å². The van der Waals surface area contributed by atoms with Crippen molar-refractivity contribution in [2.24, 2.45) is 10.8 Å². The van der Waals surface area contributed by atoms with Crippen LogP contribution in [0.2, 0.25) is 0 Å². The monoisotopic (exact) mass is 604 g/mol. The number of nitrogens with zero attached hydrogens (tertiary/aromatic N) is 3. The number of ether oxygens (including phenoxy) is 2. The number of aromatic nitrogens is 2. The zero-order valence-electron chi connectivity index (χ0n) is 19.3. The summed E-state index contributed by atoms with van der Waals surface area (Å²) in [6.45, 7) is 1.99. The molecule has 10 heteroatoms. The number of hydrogen-bond acceptors (Lipinski definition) is 6. The van der Waals surface area contributed by atoms with Crippen molar-refractivity contribution >= 4 is 54.9 Å². The van der Waals surface area contributed by atoms with Gasteiger partial charge < -0.3 is 15.2 Å². The predicted octanol–water partition coefficient (Wildman–Crippen LogP) is 5.11. The van der Waals surface area contributed by atoms with Crippen LogP contribution in [0.15, 0.2) is 49.2 Å². The Balaban J connectivity index is 1.79. The number of primary amides is 1. The number of fused-ring (bicyclic) bond motifs is 1. The van der Waals surface area contributed by atoms with E-state index in [1.165, 1.54) is 11.1 Å². The first-order chi connectivity index (χ1) is 16.9. The van der Waals surface area contributed by atoms with Crippen LogP contribution in [-0.4, -0.2) is 35.0 Å². The zero-order valence-corrected chi connectivity index (χ0v) is 22.5. The summed E-state index contributed by atoms with van der Waals surface area (Å²) in [5.74, 6) is 1.10. The molecule has 0 aliphatic heterocycles. The van der Waals surface area contributed by atoms with Gasteiger partial charge in [0, 0.05) is 20.4 Å². The van der Waals surface area contributed by atoms with Crippen molar-refractivity contribution in [1.82, 2.24) is 9.66 Å². The van der Waals surface area contributed by atoms with Gasteiger partial charge >= 0.3 is 0 Å². The Bertz CT molecular complexity index is 1330. The summed E-state index contributed by atoms with van der Waals surface area (Å²) < 4.78 is 14.1. The van der Waals surface area contributed by atoms with E-state index < -0.39 is 5.91 Å². The highest BCUT2D eigenvalue weighted by atomic mass is 79.9. The van der Waals surface area contributed by atoms with Gasteiger partial charge in [0.1, 0.15) is 5.82 Å². The second-order valence-corrected chi connectivity index (χ2v) is 10.1. The van der Waals surface area contributed by atoms with E-state index in [1.54, 1.807) is 24.4 Å². The number of halogens is 2. The highest BCUT2D eigenvalue weighted by molar-refractivity contribution is 9.10. The van der Waals surface area contributed by atoms with Gasteiger partial charge in [-0.1, -0.05) is 35.2 Å². The summed E-state index contributed by atoms with van der Waals surface area (Å²) in [7, 11) is 0. The van der Waals surface area contributed by atoms with Crippen molar-refractivity contribution in [3.63, 3.8) is 0 Å². The number of hydrogen-bond donors (Lipinski definition) is 1. The quantitative estimate of drug-likeness (QED) is 0.359. The molecular formula is C25H26Br2N4O4. The largest absolute Gasteiger partial charge is 0.490 e. The van der Waals surface area contributed by atoms with Crippen molar-refractivity contribution in [3.8, 4) is 11.5 Å². The number of carbonyl (C=O) groups is 1. The second kappa shape index (κ2) is 11.3. The van der Waals surface area contributed by atoms with E-state index in [4.69, 9.17) is 20.2 Å². The Morgan fingerprint density at radius 2 is 1.91 bits per heavy atom. The standard InChI is InChI=1S/C25H26Br2N4O4/c1-2-34-21-10-16(19(27)12-22(21)35-14-23(28)32)13-29-31-24(15-6-4-3-5-7-15)30-20-9-8-17(26)11-18(20)25(31)33/h8-13,15H,2-7,14H2,1H3,(H2,28,32). The smallest absolute Gasteiger partial charge is 0.282 e. The Hall–Kier alpha value is -2.72. The van der Waals surface area contributed by atoms with E-state index >= 15 is 0 Å². The number of benzene rings is 2. The van der Waals surface area contributed by atoms with Crippen molar-refractivity contribution in [3.05, 3.63) is 61.0 Å². The predicted molar refractivity (Wildman–Crippen MR) is 143 cm³/mol. The molecule has 0 spiro atoms. The summed E-state index contributed by atoms with van der Waals surface area (Å²) in [4.78, 5) is 29.5. The minimum absolute atomic E-state index is 0.175. The molecule has 0 radical (unpaired) electrons. The van der Waals surface area contributed by atoms with Crippen molar-refractivity contribution < 1.29 is 14.3 Å². The van der Waals surface area contributed by atoms with E-state index in [-0.39, 0.29) is 18.1 Å². The molecule has 1 aliphatic rings. The maximum absolute atomic E-state index is 13.5. The van der Waals surface area contributed by atoms with E-state index in [9.17, 15) is 9.59 Å². The third-order valence-corrected chi connectivity index (χ3v) is 7.03. The normalized spacial score (nSPS) is 14.5. The first kappa shape index (κ1) is 25.4. The number of carbonyl (C=O) groups excluding carboxylic acids is 1. The molecule has 1 aliphatic carbocycles. The maximum Gasteiger partial charge on any atom is 0.282 e. The molecule has 1 saturated carbocycles. The third kappa shape index (κ3) is 5.92. The molecular weight excluding hydrogens is 580 g/mol. The lowest BCUT2D eigenvalue weighted by Crippen LogP contribution is -2.25. The lowest BCUT2D eigenvalue weighted by Gasteiger charge is -2.22. The van der Waals surface area contributed by atoms with Gasteiger partial charge in [0.15, 0.2) is 18.1 Å². The van der Waals surface area contributed by atoms with Crippen LogP contribution in [0.4, 0.5) is 0 Å². The van der Waals surface area contributed by atoms with Gasteiger partial charge in [0.05, 0.1) is 23.7 Å². The lowest BCUT2D eigenvalue weighted by atomic mass is 9.88. The number of rotatable bonds is 8. The van der Waals surface area contributed by atoms with Crippen LogP contribution in [0.5, 0.6) is 11.5 Å². The van der Waals surface area contributed by atoms with E-state index in [2.05, 4.69) is 37.0 Å². The Morgan fingerprint density at radius 3 is 2.63 bits per heavy atom. The van der Waals surface area contributed by atoms with Gasteiger partial charge in [-0.05, 0) is 66.0 Å². The van der Waals surface area contributed by atoms with Gasteiger partial charge in [-0.3, -0.25) is 9.59 Å². The molecule has 0 atom stereocenters. The molecule has 1 heterocycles. The summed E-state index contributed by atoms with van der Waals surface area (Å²) in [5, 5.41) is 5.10. The highest BCUT2D eigenvalue weighted by Gasteiger charge is 2.22. The first-order valence-electron chi connectivity index (χ1n) is 11.5. The summed E-state index contributed by atoms with van der Waals surface area (Å²) in [5.41, 5.74) is 6.34. The molecule has 0 saturated heterocycles. The molecule has 1 aromatic heterocycles. The zero-order chi connectivity index (χ0) is 24.9. The SMILES string of the molecule is CCOc1cc(C=Nn2c(C3CCCCC3)nc3ccc(Br)cc3c2=O)c(Br)cc1OCC(N)=O. The first-order valence-corrected chi connectivity index (χ1v) is 13.1. The minimum atomic E-state index is -0.584. The Morgan fingerprint density at radius 1 is 1.17 bits per heavy atom. The molecule has 4 rings (SSSR count). The lowest BCUT2D eigenvalue weighted by molar-refractivity contribution is -0.119. The van der Waals surface area contributed by atoms with Crippen LogP contribution in [0, 0.1) is 0 Å². The summed E-state index contributed by atoms with van der Waals surface area (Å²) in [6, 6.07) is 8.95. The van der Waals surface area contributed by atoms with E-state index in [0.717, 1.165) is 30.2 Å². The van der Waals surface area contributed by atoms with Crippen molar-refractivity contribution in [1.29, 1.82) is 0 Å². The fourth-order valence-corrected chi connectivity index (χ4v) is 4.99. The summed E-state index contributed by atoms with van der Waals surface area (Å²) >= 11 is 6.97. The van der Waals surface area contributed by atoms with Crippen LogP contribution in [0.1, 0.15) is 56.3 Å². The Kier molecular flexibility index (Phi) is 8.22. The van der Waals surface area contributed by atoms with Crippen molar-refractivity contribution in [2.75, 3.05) is 13.2 Å². The second-order valence-electron chi connectivity index (χ2n) is 8.34. The molecule has 3 aromatic rings. The number of nitrogens with two attached hydrogens (primary N) is 1. The van der Waals surface area contributed by atoms with Crippen LogP contribution in [0.25, 0.3) is 10.9 Å². The van der Waals surface area contributed by atoms with E-state index in [0.29, 0.717) is 44.9 Å². The fraction of sp³-hybridized carbons (Fsp3) is 0.360. The maximum atomic E-state index is 13.5. The average Bonchev–Trinajstić information content (AvgIpc) is 2.84. The van der Waals surface area contributed by atoms with Crippen LogP contribution < -0.4 is 20.8 Å². The molecule has 0 unspecified atom stereocenters. The molecule has 8 nitrogen and oxygen atoms in total. The molecule has 1 fully saturated rings. The molecule has 2 N–H and O–H groups in total. The molecule has 1 amide bonds. The van der Waals surface area contributed by atoms with Gasteiger partial charge in [-0.25, -0.2) is 4.98 Å². The van der Waals surface area contributed by atoms with Gasteiger partial charge in [0.25, 0.3) is 11.5 Å². The minimum Gasteiger partial charge on any atom is -0.490 e. The summed E-state index contributed by atoms with van der Waals surface area (Å²) in [6.07, 6.45) is 6.98. The van der Waals surface area contributed by atoms with Gasteiger partial charge in [-0.2, -0.15) is 9.78 Å². The third-order valence-electron chi connectivity index (χ3n) is 5.85. The molecule has 2 aromatic carbocycles. The van der Waals surface area contributed by atoms with Crippen molar-refractivity contribution in [2.45, 2.75) is 44.9 Å². The molecule has 0 bridgehead atoms. The average molecular weight is 606 g/mol. The van der Waals surface area contributed by atoms with Gasteiger partial charge in [0.2, 0.25) is 0 Å². The molecule has 184 valence electrons. The number of amides is 1. The Labute approximate surface area is 219 Å². The fourth-order valence-electron chi connectivity index (χ4n) is 4.20. The highest BCUT2D eigenvalue weighted by Crippen LogP contribution is 2.34. The topological polar surface area (TPSA) is 109 Å². The van der Waals surface area contributed by atoms with Crippen LogP contribution in [-0.2, 0) is 4.79 Å². The van der Waals surface area contributed by atoms with E-state index in [1.807, 2.05) is 19.1 Å². The van der Waals surface area contributed by atoms with Crippen LogP contribution in [0.3, 0.4) is 0 Å². The van der Waals surface area contributed by atoms with Gasteiger partial charge in [-0.15, -0.1) is 0 Å². The molecule has 35 heavy (non-hydrogen) atoms.